The van der Waals surface area contributed by atoms with E-state index in [1.54, 1.807) is 49.6 Å². The molecule has 2 N–H and O–H groups in total. The molecule has 2 aromatic heterocycles. The van der Waals surface area contributed by atoms with Gasteiger partial charge in [-0.15, -0.1) is 5.10 Å². The molecule has 2 heterocycles. The molecule has 1 aromatic carbocycles. The minimum atomic E-state index is -0.580. The molecule has 0 aliphatic heterocycles. The Morgan fingerprint density at radius 3 is 2.75 bits per heavy atom. The normalized spacial score (nSPS) is 11.9. The van der Waals surface area contributed by atoms with Crippen molar-refractivity contribution in [2.45, 2.75) is 17.3 Å². The van der Waals surface area contributed by atoms with Crippen LogP contribution in [0.15, 0.2) is 53.9 Å². The van der Waals surface area contributed by atoms with E-state index in [1.807, 2.05) is 6.07 Å². The van der Waals surface area contributed by atoms with Gasteiger partial charge in [0.05, 0.1) is 5.25 Å². The van der Waals surface area contributed by atoms with Gasteiger partial charge in [0.1, 0.15) is 0 Å². The lowest BCUT2D eigenvalue weighted by molar-refractivity contribution is -0.119. The van der Waals surface area contributed by atoms with Crippen LogP contribution in [0.5, 0.6) is 0 Å². The van der Waals surface area contributed by atoms with Crippen molar-refractivity contribution in [1.29, 1.82) is 0 Å². The molecule has 0 aliphatic rings. The van der Waals surface area contributed by atoms with Gasteiger partial charge in [-0.3, -0.25) is 10.1 Å². The van der Waals surface area contributed by atoms with E-state index in [0.29, 0.717) is 16.6 Å². The molecule has 8 nitrogen and oxygen atoms in total. The van der Waals surface area contributed by atoms with Crippen LogP contribution in [0.1, 0.15) is 6.92 Å². The maximum absolute atomic E-state index is 12.1. The number of anilines is 1. The fourth-order valence-corrected chi connectivity index (χ4v) is 2.62. The van der Waals surface area contributed by atoms with Crippen LogP contribution in [-0.2, 0) is 4.79 Å². The quantitative estimate of drug-likeness (QED) is 0.703. The second-order valence-corrected chi connectivity index (χ2v) is 6.14. The molecule has 0 radical (unpaired) electrons. The van der Waals surface area contributed by atoms with E-state index in [9.17, 15) is 9.59 Å². The minimum absolute atomic E-state index is 0.416. The average Bonchev–Trinajstić information content (AvgIpc) is 2.97. The van der Waals surface area contributed by atoms with E-state index in [-0.39, 0.29) is 0 Å². The number of nitrogens with one attached hydrogen (secondary N) is 2. The average molecular weight is 342 g/mol. The molecule has 9 heteroatoms. The molecule has 0 saturated carbocycles. The molecule has 3 aromatic rings. The molecule has 1 atom stereocenters. The third-order valence-electron chi connectivity index (χ3n) is 3.02. The highest BCUT2D eigenvalue weighted by Crippen LogP contribution is 2.19. The van der Waals surface area contributed by atoms with Crippen LogP contribution in [0.4, 0.5) is 10.5 Å². The standard InChI is InChI=1S/C15H14N6O2S/c1-10(24-15-19-13-16-8-5-9-21(13)20-15)12(22)18-14(23)17-11-6-3-2-4-7-11/h2-10H,1H3,(H2,17,18,22,23)/t10-/m0/s1. The predicted molar refractivity (Wildman–Crippen MR) is 89.7 cm³/mol. The van der Waals surface area contributed by atoms with Gasteiger partial charge >= 0.3 is 6.03 Å². The fraction of sp³-hybridized carbons (Fsp3) is 0.133. The number of benzene rings is 1. The monoisotopic (exact) mass is 342 g/mol. The lowest BCUT2D eigenvalue weighted by atomic mass is 10.3. The number of aromatic nitrogens is 4. The first-order valence-corrected chi connectivity index (χ1v) is 8.01. The number of nitrogens with zero attached hydrogens (tertiary/aromatic N) is 4. The molecule has 0 aliphatic carbocycles. The van der Waals surface area contributed by atoms with Gasteiger partial charge < -0.3 is 5.32 Å². The van der Waals surface area contributed by atoms with E-state index < -0.39 is 17.2 Å². The molecule has 122 valence electrons. The fourth-order valence-electron chi connectivity index (χ4n) is 1.87. The van der Waals surface area contributed by atoms with Crippen molar-refractivity contribution in [2.24, 2.45) is 0 Å². The number of hydrogen-bond acceptors (Lipinski definition) is 6. The maximum Gasteiger partial charge on any atom is 0.325 e. The van der Waals surface area contributed by atoms with E-state index in [4.69, 9.17) is 0 Å². The third-order valence-corrected chi connectivity index (χ3v) is 3.97. The first kappa shape index (κ1) is 15.9. The van der Waals surface area contributed by atoms with Crippen molar-refractivity contribution < 1.29 is 9.59 Å². The van der Waals surface area contributed by atoms with E-state index in [0.717, 1.165) is 11.8 Å². The highest BCUT2D eigenvalue weighted by atomic mass is 32.2. The Morgan fingerprint density at radius 2 is 2.00 bits per heavy atom. The zero-order valence-electron chi connectivity index (χ0n) is 12.7. The van der Waals surface area contributed by atoms with Crippen LogP contribution in [0.2, 0.25) is 0 Å². The minimum Gasteiger partial charge on any atom is -0.308 e. The molecule has 3 rings (SSSR count). The summed E-state index contributed by atoms with van der Waals surface area (Å²) in [5, 5.41) is 8.97. The van der Waals surface area contributed by atoms with Crippen LogP contribution < -0.4 is 10.6 Å². The summed E-state index contributed by atoms with van der Waals surface area (Å²) in [5.41, 5.74) is 0.608. The molecule has 0 fully saturated rings. The number of carbonyl (C=O) groups is 2. The van der Waals surface area contributed by atoms with E-state index in [2.05, 4.69) is 25.7 Å². The van der Waals surface area contributed by atoms with Crippen LogP contribution in [0.25, 0.3) is 5.78 Å². The Hall–Kier alpha value is -2.94. The summed E-state index contributed by atoms with van der Waals surface area (Å²) in [6.07, 6.45) is 3.33. The molecule has 0 saturated heterocycles. The summed E-state index contributed by atoms with van der Waals surface area (Å²) < 4.78 is 1.52. The van der Waals surface area contributed by atoms with Gasteiger partial charge in [-0.2, -0.15) is 4.98 Å². The number of hydrogen-bond donors (Lipinski definition) is 2. The van der Waals surface area contributed by atoms with Gasteiger partial charge in [0, 0.05) is 18.1 Å². The summed E-state index contributed by atoms with van der Waals surface area (Å²) in [7, 11) is 0. The zero-order chi connectivity index (χ0) is 16.9. The molecule has 0 spiro atoms. The lowest BCUT2D eigenvalue weighted by Crippen LogP contribution is -2.38. The largest absolute Gasteiger partial charge is 0.325 e. The third kappa shape index (κ3) is 3.87. The van der Waals surface area contributed by atoms with Gasteiger partial charge in [0.2, 0.25) is 11.1 Å². The number of para-hydroxylation sites is 1. The second kappa shape index (κ2) is 7.09. The van der Waals surface area contributed by atoms with Crippen molar-refractivity contribution in [3.05, 3.63) is 48.8 Å². The van der Waals surface area contributed by atoms with Crippen molar-refractivity contribution in [3.8, 4) is 0 Å². The number of amides is 3. The zero-order valence-corrected chi connectivity index (χ0v) is 13.5. The van der Waals surface area contributed by atoms with Gasteiger partial charge in [-0.25, -0.2) is 14.3 Å². The Labute approximate surface area is 141 Å². The Morgan fingerprint density at radius 1 is 1.21 bits per heavy atom. The van der Waals surface area contributed by atoms with Crippen molar-refractivity contribution >= 4 is 35.2 Å². The van der Waals surface area contributed by atoms with Gasteiger partial charge in [0.15, 0.2) is 0 Å². The number of imide groups is 1. The van der Waals surface area contributed by atoms with Crippen LogP contribution in [0.3, 0.4) is 0 Å². The Bertz CT molecular complexity index is 834. The Kier molecular flexibility index (Phi) is 4.71. The number of thioether (sulfide) groups is 1. The number of fused-ring (bicyclic) bond motifs is 1. The van der Waals surface area contributed by atoms with E-state index in [1.165, 1.54) is 4.52 Å². The molecule has 0 unspecified atom stereocenters. The van der Waals surface area contributed by atoms with Crippen LogP contribution in [0, 0.1) is 0 Å². The summed E-state index contributed by atoms with van der Waals surface area (Å²) in [6, 6.07) is 10.0. The highest BCUT2D eigenvalue weighted by Gasteiger charge is 2.19. The van der Waals surface area contributed by atoms with Crippen molar-refractivity contribution in [1.82, 2.24) is 24.9 Å². The smallest absolute Gasteiger partial charge is 0.308 e. The molecule has 0 bridgehead atoms. The van der Waals surface area contributed by atoms with Gasteiger partial charge in [-0.05, 0) is 25.1 Å². The predicted octanol–water partition coefficient (Wildman–Crippen LogP) is 1.95. The number of urea groups is 1. The van der Waals surface area contributed by atoms with E-state index >= 15 is 0 Å². The first-order chi connectivity index (χ1) is 11.6. The van der Waals surface area contributed by atoms with Crippen LogP contribution in [-0.4, -0.2) is 36.8 Å². The molecule has 24 heavy (non-hydrogen) atoms. The lowest BCUT2D eigenvalue weighted by Gasteiger charge is -2.10. The summed E-state index contributed by atoms with van der Waals surface area (Å²) in [5.74, 6) is 0.0228. The number of rotatable bonds is 4. The SMILES string of the molecule is C[C@H](Sc1nc2ncccn2n1)C(=O)NC(=O)Nc1ccccc1. The molecule has 3 amide bonds. The number of carbonyl (C=O) groups excluding carboxylic acids is 2. The Balaban J connectivity index is 1.57. The van der Waals surface area contributed by atoms with Gasteiger partial charge in [-0.1, -0.05) is 30.0 Å². The first-order valence-electron chi connectivity index (χ1n) is 7.13. The van der Waals surface area contributed by atoms with Crippen molar-refractivity contribution in [2.75, 3.05) is 5.32 Å². The summed E-state index contributed by atoms with van der Waals surface area (Å²) >= 11 is 1.15. The van der Waals surface area contributed by atoms with Crippen molar-refractivity contribution in [3.63, 3.8) is 0 Å². The summed E-state index contributed by atoms with van der Waals surface area (Å²) in [6.45, 7) is 1.68. The second-order valence-electron chi connectivity index (χ2n) is 4.83. The topological polar surface area (TPSA) is 101 Å². The van der Waals surface area contributed by atoms with Crippen LogP contribution >= 0.6 is 11.8 Å². The summed E-state index contributed by atoms with van der Waals surface area (Å²) in [4.78, 5) is 32.2. The molecular weight excluding hydrogens is 328 g/mol. The van der Waals surface area contributed by atoms with Gasteiger partial charge in [0.25, 0.3) is 5.78 Å². The highest BCUT2D eigenvalue weighted by molar-refractivity contribution is 8.00. The molecular formula is C15H14N6O2S. The maximum atomic E-state index is 12.1.